The normalized spacial score (nSPS) is 10.1. The van der Waals surface area contributed by atoms with Crippen LogP contribution in [0.2, 0.25) is 5.02 Å². The fourth-order valence-corrected chi connectivity index (χ4v) is 1.28. The molecule has 0 aliphatic rings. The van der Waals surface area contributed by atoms with Crippen LogP contribution in [-0.4, -0.2) is 23.5 Å². The topological polar surface area (TPSA) is 63.6 Å². The summed E-state index contributed by atoms with van der Waals surface area (Å²) in [6, 6.07) is 0.494. The van der Waals surface area contributed by atoms with Crippen LogP contribution < -0.4 is 0 Å². The first-order valence-corrected chi connectivity index (χ1v) is 4.85. The number of halogens is 3. The van der Waals surface area contributed by atoms with Gasteiger partial charge >= 0.3 is 5.97 Å². The lowest BCUT2D eigenvalue weighted by atomic mass is 10.1. The van der Waals surface area contributed by atoms with Crippen LogP contribution in [0.25, 0.3) is 0 Å². The van der Waals surface area contributed by atoms with Crippen molar-refractivity contribution >= 4 is 23.4 Å². The molecule has 0 saturated carbocycles. The number of esters is 1. The molecule has 92 valence electrons. The number of ketones is 1. The van der Waals surface area contributed by atoms with Crippen LogP contribution >= 0.6 is 11.6 Å². The largest absolute Gasteiger partial charge is 0.505 e. The van der Waals surface area contributed by atoms with Gasteiger partial charge in [0.15, 0.2) is 11.6 Å². The molecule has 1 N–H and O–H groups in total. The molecule has 0 spiro atoms. The minimum absolute atomic E-state index is 0.115. The number of carbonyl (C=O) groups excluding carboxylic acids is 2. The van der Waals surface area contributed by atoms with Gasteiger partial charge in [0, 0.05) is 0 Å². The molecule has 0 heterocycles. The number of ether oxygens (including phenoxy) is 1. The molecule has 0 radical (unpaired) electrons. The van der Waals surface area contributed by atoms with Crippen molar-refractivity contribution in [1.82, 2.24) is 0 Å². The molecule has 0 bridgehead atoms. The Morgan fingerprint density at radius 1 is 1.47 bits per heavy atom. The van der Waals surface area contributed by atoms with Crippen molar-refractivity contribution in [3.05, 3.63) is 28.3 Å². The van der Waals surface area contributed by atoms with Crippen molar-refractivity contribution in [1.29, 1.82) is 0 Å². The van der Waals surface area contributed by atoms with Crippen molar-refractivity contribution in [2.75, 3.05) is 6.61 Å². The van der Waals surface area contributed by atoms with E-state index in [1.807, 2.05) is 0 Å². The number of aromatic hydroxyl groups is 1. The third-order valence-electron chi connectivity index (χ3n) is 1.83. The second-order valence-electron chi connectivity index (χ2n) is 2.93. The highest BCUT2D eigenvalue weighted by Crippen LogP contribution is 2.31. The van der Waals surface area contributed by atoms with Crippen LogP contribution in [0, 0.1) is 11.6 Å². The summed E-state index contributed by atoms with van der Waals surface area (Å²) in [7, 11) is 0. The first kappa shape index (κ1) is 13.4. The zero-order valence-electron chi connectivity index (χ0n) is 8.59. The average Bonchev–Trinajstić information content (AvgIpc) is 2.27. The summed E-state index contributed by atoms with van der Waals surface area (Å²) in [5.74, 6) is -6.99. The van der Waals surface area contributed by atoms with Gasteiger partial charge in [0.2, 0.25) is 0 Å². The maximum atomic E-state index is 13.3. The van der Waals surface area contributed by atoms with E-state index in [0.717, 1.165) is 0 Å². The molecule has 1 rings (SSSR count). The van der Waals surface area contributed by atoms with Crippen molar-refractivity contribution < 1.29 is 28.2 Å². The minimum atomic E-state index is -1.65. The quantitative estimate of drug-likeness (QED) is 0.393. The molecule has 0 amide bonds. The predicted molar refractivity (Wildman–Crippen MR) is 54.0 cm³/mol. The molecular formula is C10H7ClF2O4. The lowest BCUT2D eigenvalue weighted by Gasteiger charge is -2.07. The zero-order chi connectivity index (χ0) is 13.2. The highest BCUT2D eigenvalue weighted by atomic mass is 35.5. The number of hydrogen-bond donors (Lipinski definition) is 1. The minimum Gasteiger partial charge on any atom is -0.505 e. The zero-order valence-corrected chi connectivity index (χ0v) is 9.35. The van der Waals surface area contributed by atoms with E-state index >= 15 is 0 Å². The summed E-state index contributed by atoms with van der Waals surface area (Å²) in [6.45, 7) is 1.32. The van der Waals surface area contributed by atoms with E-state index < -0.39 is 39.7 Å². The number of Topliss-reactive ketones (excluding diaryl/α,β-unsaturated/α-hetero) is 1. The van der Waals surface area contributed by atoms with E-state index in [1.165, 1.54) is 6.92 Å². The predicted octanol–water partition coefficient (Wildman–Crippen LogP) is 2.07. The summed E-state index contributed by atoms with van der Waals surface area (Å²) in [5, 5.41) is 8.75. The van der Waals surface area contributed by atoms with Gasteiger partial charge in [-0.1, -0.05) is 11.6 Å². The number of rotatable bonds is 3. The summed E-state index contributed by atoms with van der Waals surface area (Å²) in [5.41, 5.74) is -1.13. The average molecular weight is 265 g/mol. The summed E-state index contributed by atoms with van der Waals surface area (Å²) >= 11 is 5.36. The standard InChI is InChI=1S/C10H7ClF2O4/c1-2-17-10(16)9(15)6-7(13)5(12)3-4(11)8(6)14/h3,14H,2H2,1H3. The second kappa shape index (κ2) is 5.09. The first-order valence-electron chi connectivity index (χ1n) is 4.48. The molecule has 0 aliphatic carbocycles. The number of benzene rings is 1. The maximum Gasteiger partial charge on any atom is 0.379 e. The molecule has 1 aromatic rings. The smallest absolute Gasteiger partial charge is 0.379 e. The van der Waals surface area contributed by atoms with Crippen molar-refractivity contribution in [2.45, 2.75) is 6.92 Å². The Balaban J connectivity index is 3.31. The van der Waals surface area contributed by atoms with Crippen molar-refractivity contribution in [2.24, 2.45) is 0 Å². The van der Waals surface area contributed by atoms with E-state index in [4.69, 9.17) is 11.6 Å². The molecule has 7 heteroatoms. The van der Waals surface area contributed by atoms with Gasteiger partial charge in [-0.2, -0.15) is 0 Å². The molecule has 0 unspecified atom stereocenters. The molecule has 0 fully saturated rings. The number of hydrogen-bond acceptors (Lipinski definition) is 4. The molecular weight excluding hydrogens is 258 g/mol. The Labute approximate surface area is 99.8 Å². The van der Waals surface area contributed by atoms with Gasteiger partial charge in [0.1, 0.15) is 11.3 Å². The fraction of sp³-hybridized carbons (Fsp3) is 0.200. The van der Waals surface area contributed by atoms with Gasteiger partial charge < -0.3 is 9.84 Å². The van der Waals surface area contributed by atoms with Crippen LogP contribution in [-0.2, 0) is 9.53 Å². The van der Waals surface area contributed by atoms with Gasteiger partial charge in [-0.15, -0.1) is 0 Å². The van der Waals surface area contributed by atoms with Gasteiger partial charge in [0.05, 0.1) is 11.6 Å². The van der Waals surface area contributed by atoms with E-state index in [1.54, 1.807) is 0 Å². The van der Waals surface area contributed by atoms with Gasteiger partial charge in [0.25, 0.3) is 5.78 Å². The molecule has 0 aromatic heterocycles. The van der Waals surface area contributed by atoms with Crippen molar-refractivity contribution in [3.63, 3.8) is 0 Å². The second-order valence-corrected chi connectivity index (χ2v) is 3.33. The summed E-state index contributed by atoms with van der Waals surface area (Å²) < 4.78 is 30.5. The molecule has 0 atom stereocenters. The highest BCUT2D eigenvalue weighted by molar-refractivity contribution is 6.42. The number of phenols is 1. The van der Waals surface area contributed by atoms with Crippen LogP contribution in [0.5, 0.6) is 5.75 Å². The van der Waals surface area contributed by atoms with E-state index in [0.29, 0.717) is 6.07 Å². The molecule has 4 nitrogen and oxygen atoms in total. The van der Waals surface area contributed by atoms with E-state index in [2.05, 4.69) is 4.74 Å². The van der Waals surface area contributed by atoms with Crippen molar-refractivity contribution in [3.8, 4) is 5.75 Å². The van der Waals surface area contributed by atoms with Crippen LogP contribution in [0.15, 0.2) is 6.07 Å². The lowest BCUT2D eigenvalue weighted by molar-refractivity contribution is -0.137. The van der Waals surface area contributed by atoms with Crippen LogP contribution in [0.1, 0.15) is 17.3 Å². The molecule has 0 saturated heterocycles. The monoisotopic (exact) mass is 264 g/mol. The summed E-state index contributed by atoms with van der Waals surface area (Å²) in [4.78, 5) is 22.4. The number of carbonyl (C=O) groups is 2. The van der Waals surface area contributed by atoms with Gasteiger partial charge in [-0.3, -0.25) is 4.79 Å². The summed E-state index contributed by atoms with van der Waals surface area (Å²) in [6.07, 6.45) is 0. The Morgan fingerprint density at radius 2 is 2.06 bits per heavy atom. The van der Waals surface area contributed by atoms with E-state index in [-0.39, 0.29) is 6.61 Å². The Morgan fingerprint density at radius 3 is 2.59 bits per heavy atom. The van der Waals surface area contributed by atoms with E-state index in [9.17, 15) is 23.5 Å². The van der Waals surface area contributed by atoms with Gasteiger partial charge in [-0.05, 0) is 13.0 Å². The third-order valence-corrected chi connectivity index (χ3v) is 2.12. The maximum absolute atomic E-state index is 13.3. The molecule has 17 heavy (non-hydrogen) atoms. The highest BCUT2D eigenvalue weighted by Gasteiger charge is 2.28. The molecule has 0 aliphatic heterocycles. The third kappa shape index (κ3) is 2.52. The fourth-order valence-electron chi connectivity index (χ4n) is 1.09. The SMILES string of the molecule is CCOC(=O)C(=O)c1c(O)c(Cl)cc(F)c1F. The van der Waals surface area contributed by atoms with Gasteiger partial charge in [-0.25, -0.2) is 13.6 Å². The number of phenolic OH excluding ortho intramolecular Hbond substituents is 1. The molecule has 1 aromatic carbocycles. The van der Waals surface area contributed by atoms with Crippen LogP contribution in [0.3, 0.4) is 0 Å². The Hall–Kier alpha value is -1.69. The lowest BCUT2D eigenvalue weighted by Crippen LogP contribution is -2.19. The van der Waals surface area contributed by atoms with Crippen LogP contribution in [0.4, 0.5) is 8.78 Å². The first-order chi connectivity index (χ1) is 7.90. The Kier molecular flexibility index (Phi) is 4.01. The Bertz CT molecular complexity index is 461.